The van der Waals surface area contributed by atoms with Gasteiger partial charge in [0.05, 0.1) is 24.2 Å². The summed E-state index contributed by atoms with van der Waals surface area (Å²) in [5, 5.41) is -0.352. The van der Waals surface area contributed by atoms with E-state index in [1.165, 1.54) is 12.1 Å². The smallest absolute Gasteiger partial charge is 0.293 e. The lowest BCUT2D eigenvalue weighted by Gasteiger charge is -2.15. The Morgan fingerprint density at radius 1 is 1.10 bits per heavy atom. The largest absolute Gasteiger partial charge is 0.490 e. The SMILES string of the molecule is CCOc1cc(/C=C2\SC(=O)N(Cc3ccc(F)cc3)C2=O)ccc1OC(C)C. The van der Waals surface area contributed by atoms with E-state index in [0.29, 0.717) is 28.6 Å². The summed E-state index contributed by atoms with van der Waals surface area (Å²) >= 11 is 0.885. The average Bonchev–Trinajstić information content (AvgIpc) is 2.93. The molecule has 0 atom stereocenters. The summed E-state index contributed by atoms with van der Waals surface area (Å²) in [6.07, 6.45) is 1.67. The molecule has 3 rings (SSSR count). The molecule has 0 radical (unpaired) electrons. The van der Waals surface area contributed by atoms with E-state index in [-0.39, 0.29) is 29.6 Å². The first kappa shape index (κ1) is 20.9. The zero-order valence-electron chi connectivity index (χ0n) is 16.5. The molecule has 1 aliphatic heterocycles. The van der Waals surface area contributed by atoms with Crippen LogP contribution in [0.4, 0.5) is 9.18 Å². The van der Waals surface area contributed by atoms with Crippen LogP contribution in [0.5, 0.6) is 11.5 Å². The van der Waals surface area contributed by atoms with E-state index in [1.54, 1.807) is 30.3 Å². The van der Waals surface area contributed by atoms with E-state index in [2.05, 4.69) is 0 Å². The van der Waals surface area contributed by atoms with Crippen molar-refractivity contribution in [1.29, 1.82) is 0 Å². The number of hydrogen-bond donors (Lipinski definition) is 0. The highest BCUT2D eigenvalue weighted by atomic mass is 32.2. The second-order valence-electron chi connectivity index (χ2n) is 6.70. The Balaban J connectivity index is 1.81. The van der Waals surface area contributed by atoms with Crippen molar-refractivity contribution >= 4 is 29.0 Å². The average molecular weight is 415 g/mol. The van der Waals surface area contributed by atoms with E-state index in [9.17, 15) is 14.0 Å². The minimum atomic E-state index is -0.371. The van der Waals surface area contributed by atoms with E-state index in [1.807, 2.05) is 26.8 Å². The van der Waals surface area contributed by atoms with Gasteiger partial charge < -0.3 is 9.47 Å². The fraction of sp³-hybridized carbons (Fsp3) is 0.273. The molecule has 29 heavy (non-hydrogen) atoms. The van der Waals surface area contributed by atoms with Gasteiger partial charge in [-0.15, -0.1) is 0 Å². The normalized spacial score (nSPS) is 15.5. The van der Waals surface area contributed by atoms with Crippen LogP contribution in [0.3, 0.4) is 0 Å². The lowest BCUT2D eigenvalue weighted by molar-refractivity contribution is -0.123. The molecule has 7 heteroatoms. The molecule has 0 saturated carbocycles. The van der Waals surface area contributed by atoms with Gasteiger partial charge in [-0.25, -0.2) is 4.39 Å². The Bertz CT molecular complexity index is 940. The van der Waals surface area contributed by atoms with Gasteiger partial charge >= 0.3 is 0 Å². The van der Waals surface area contributed by atoms with Gasteiger partial charge in [0.15, 0.2) is 11.5 Å². The first-order chi connectivity index (χ1) is 13.9. The topological polar surface area (TPSA) is 55.8 Å². The number of thioether (sulfide) groups is 1. The van der Waals surface area contributed by atoms with Crippen molar-refractivity contribution in [3.63, 3.8) is 0 Å². The number of imide groups is 1. The third-order valence-corrected chi connectivity index (χ3v) is 4.96. The maximum Gasteiger partial charge on any atom is 0.293 e. The summed E-state index contributed by atoms with van der Waals surface area (Å²) in [6, 6.07) is 11.1. The molecule has 0 N–H and O–H groups in total. The second kappa shape index (κ2) is 9.13. The van der Waals surface area contributed by atoms with Gasteiger partial charge in [-0.2, -0.15) is 0 Å². The minimum Gasteiger partial charge on any atom is -0.490 e. The molecular formula is C22H22FNO4S. The quantitative estimate of drug-likeness (QED) is 0.578. The summed E-state index contributed by atoms with van der Waals surface area (Å²) in [7, 11) is 0. The molecule has 1 saturated heterocycles. The summed E-state index contributed by atoms with van der Waals surface area (Å²) in [5.41, 5.74) is 1.42. The first-order valence-corrected chi connectivity index (χ1v) is 10.1. The minimum absolute atomic E-state index is 0.00279. The van der Waals surface area contributed by atoms with Gasteiger partial charge in [-0.05, 0) is 74.0 Å². The molecule has 1 fully saturated rings. The summed E-state index contributed by atoms with van der Waals surface area (Å²) in [4.78, 5) is 26.5. The number of nitrogens with zero attached hydrogens (tertiary/aromatic N) is 1. The molecule has 0 aliphatic carbocycles. The fourth-order valence-electron chi connectivity index (χ4n) is 2.79. The van der Waals surface area contributed by atoms with E-state index in [4.69, 9.17) is 9.47 Å². The molecule has 5 nitrogen and oxygen atoms in total. The van der Waals surface area contributed by atoms with Crippen LogP contribution in [0.25, 0.3) is 6.08 Å². The van der Waals surface area contributed by atoms with Crippen LogP contribution in [0.1, 0.15) is 31.9 Å². The number of carbonyl (C=O) groups excluding carboxylic acids is 2. The number of hydrogen-bond acceptors (Lipinski definition) is 5. The summed E-state index contributed by atoms with van der Waals surface area (Å²) in [6.45, 7) is 6.33. The van der Waals surface area contributed by atoms with Gasteiger partial charge in [-0.3, -0.25) is 14.5 Å². The highest BCUT2D eigenvalue weighted by molar-refractivity contribution is 8.18. The monoisotopic (exact) mass is 415 g/mol. The molecule has 0 bridgehead atoms. The van der Waals surface area contributed by atoms with Crippen LogP contribution < -0.4 is 9.47 Å². The molecule has 1 heterocycles. The first-order valence-electron chi connectivity index (χ1n) is 9.30. The van der Waals surface area contributed by atoms with Crippen LogP contribution in [-0.2, 0) is 11.3 Å². The molecule has 0 unspecified atom stereocenters. The lowest BCUT2D eigenvalue weighted by Crippen LogP contribution is -2.27. The number of amides is 2. The number of halogens is 1. The Morgan fingerprint density at radius 2 is 1.83 bits per heavy atom. The van der Waals surface area contributed by atoms with Crippen LogP contribution >= 0.6 is 11.8 Å². The molecule has 2 amide bonds. The molecule has 1 aliphatic rings. The maximum atomic E-state index is 13.1. The van der Waals surface area contributed by atoms with E-state index in [0.717, 1.165) is 22.2 Å². The number of rotatable bonds is 7. The van der Waals surface area contributed by atoms with Crippen molar-refractivity contribution in [3.05, 3.63) is 64.3 Å². The number of carbonyl (C=O) groups is 2. The summed E-state index contributed by atoms with van der Waals surface area (Å²) in [5.74, 6) is 0.478. The third kappa shape index (κ3) is 5.17. The Kier molecular flexibility index (Phi) is 6.59. The van der Waals surface area contributed by atoms with Crippen molar-refractivity contribution in [2.45, 2.75) is 33.4 Å². The van der Waals surface area contributed by atoms with Crippen molar-refractivity contribution in [2.24, 2.45) is 0 Å². The van der Waals surface area contributed by atoms with Gasteiger partial charge in [0, 0.05) is 0 Å². The Labute approximate surface area is 173 Å². The molecular weight excluding hydrogens is 393 g/mol. The Hall–Kier alpha value is -2.80. The molecule has 0 spiro atoms. The predicted molar refractivity (Wildman–Crippen MR) is 111 cm³/mol. The van der Waals surface area contributed by atoms with Crippen molar-refractivity contribution in [3.8, 4) is 11.5 Å². The van der Waals surface area contributed by atoms with E-state index >= 15 is 0 Å². The zero-order chi connectivity index (χ0) is 21.0. The summed E-state index contributed by atoms with van der Waals surface area (Å²) < 4.78 is 24.5. The lowest BCUT2D eigenvalue weighted by atomic mass is 10.1. The van der Waals surface area contributed by atoms with Gasteiger partial charge in [0.1, 0.15) is 5.82 Å². The van der Waals surface area contributed by atoms with Gasteiger partial charge in [0.25, 0.3) is 11.1 Å². The molecule has 0 aromatic heterocycles. The van der Waals surface area contributed by atoms with Crippen molar-refractivity contribution in [1.82, 2.24) is 4.90 Å². The maximum absolute atomic E-state index is 13.1. The Morgan fingerprint density at radius 3 is 2.48 bits per heavy atom. The number of benzene rings is 2. The number of ether oxygens (including phenoxy) is 2. The fourth-order valence-corrected chi connectivity index (χ4v) is 3.63. The predicted octanol–water partition coefficient (Wildman–Crippen LogP) is 5.25. The van der Waals surface area contributed by atoms with Crippen molar-refractivity contribution < 1.29 is 23.5 Å². The highest BCUT2D eigenvalue weighted by Gasteiger charge is 2.35. The van der Waals surface area contributed by atoms with Crippen LogP contribution in [-0.4, -0.2) is 28.8 Å². The molecule has 152 valence electrons. The van der Waals surface area contributed by atoms with E-state index < -0.39 is 0 Å². The third-order valence-electron chi connectivity index (χ3n) is 4.06. The van der Waals surface area contributed by atoms with Crippen LogP contribution in [0, 0.1) is 5.82 Å². The second-order valence-corrected chi connectivity index (χ2v) is 7.69. The zero-order valence-corrected chi connectivity index (χ0v) is 17.3. The highest BCUT2D eigenvalue weighted by Crippen LogP contribution is 2.35. The van der Waals surface area contributed by atoms with Gasteiger partial charge in [-0.1, -0.05) is 18.2 Å². The standard InChI is InChI=1S/C22H22FNO4S/c1-4-27-19-11-16(7-10-18(19)28-14(2)3)12-20-21(25)24(22(26)29-20)13-15-5-8-17(23)9-6-15/h5-12,14H,4,13H2,1-3H3/b20-12-. The molecule has 2 aromatic carbocycles. The van der Waals surface area contributed by atoms with Crippen LogP contribution in [0.2, 0.25) is 0 Å². The van der Waals surface area contributed by atoms with Gasteiger partial charge in [0.2, 0.25) is 0 Å². The van der Waals surface area contributed by atoms with Crippen LogP contribution in [0.15, 0.2) is 47.4 Å². The molecule has 2 aromatic rings. The van der Waals surface area contributed by atoms with Crippen molar-refractivity contribution in [2.75, 3.05) is 6.61 Å².